The van der Waals surface area contributed by atoms with Crippen LogP contribution in [-0.4, -0.2) is 197 Å². The molecule has 86 heavy (non-hydrogen) atoms. The first-order valence-electron chi connectivity index (χ1n) is 30.1. The highest BCUT2D eigenvalue weighted by molar-refractivity contribution is 6.50. The molecule has 4 aliphatic heterocycles. The van der Waals surface area contributed by atoms with E-state index in [2.05, 4.69) is 83.9 Å². The number of hydrazone groups is 1. The summed E-state index contributed by atoms with van der Waals surface area (Å²) >= 11 is 0. The fraction of sp³-hybridized carbons (Fsp3) is 0.516. The Kier molecular flexibility index (Phi) is 19.9. The normalized spacial score (nSPS) is 19.4. The molecule has 3 saturated heterocycles. The van der Waals surface area contributed by atoms with Crippen LogP contribution in [0.4, 0.5) is 29.1 Å². The first kappa shape index (κ1) is 62.7. The zero-order chi connectivity index (χ0) is 61.5. The number of nitrogens with zero attached hydrogens (tertiary/aromatic N) is 12. The van der Waals surface area contributed by atoms with Gasteiger partial charge in [-0.1, -0.05) is 36.3 Å². The van der Waals surface area contributed by atoms with E-state index in [0.717, 1.165) is 65.7 Å². The van der Waals surface area contributed by atoms with Crippen LogP contribution < -0.4 is 26.2 Å². The first-order chi connectivity index (χ1) is 41.1. The molecule has 4 N–H and O–H groups in total. The minimum absolute atomic E-state index is 0.0117. The maximum atomic E-state index is 13.9. The van der Waals surface area contributed by atoms with Crippen molar-refractivity contribution in [3.05, 3.63) is 94.8 Å². The van der Waals surface area contributed by atoms with Gasteiger partial charge < -0.3 is 50.2 Å². The van der Waals surface area contributed by atoms with Crippen LogP contribution in [0.25, 0.3) is 22.3 Å². The largest absolute Gasteiger partial charge is 0.383 e. The number of likely N-dealkylation sites (tertiary alicyclic amines) is 1. The third kappa shape index (κ3) is 14.5. The average molecular weight is 1180 g/mol. The van der Waals surface area contributed by atoms with Gasteiger partial charge in [-0.15, -0.1) is 4.68 Å². The number of carbonyl (C=O) groups is 4. The summed E-state index contributed by atoms with van der Waals surface area (Å²) in [5.41, 5.74) is 12.0. The maximum Gasteiger partial charge on any atom is 0.363 e. The molecule has 2 unspecified atom stereocenters. The van der Waals surface area contributed by atoms with E-state index in [1.54, 1.807) is 35.8 Å². The van der Waals surface area contributed by atoms with E-state index in [0.29, 0.717) is 112 Å². The lowest BCUT2D eigenvalue weighted by atomic mass is 9.92. The minimum Gasteiger partial charge on any atom is -0.383 e. The Hall–Kier alpha value is -7.79. The number of nitrogens with two attached hydrogens (primary N) is 1. The molecule has 2 aromatic carbocycles. The highest BCUT2D eigenvalue weighted by atomic mass is 16.5. The molecule has 4 amide bonds. The minimum atomic E-state index is -0.504. The molecule has 4 atom stereocenters. The van der Waals surface area contributed by atoms with Crippen LogP contribution in [-0.2, 0) is 35.0 Å². The number of aromatic nitrogens is 5. The predicted molar refractivity (Wildman–Crippen MR) is 335 cm³/mol. The van der Waals surface area contributed by atoms with Gasteiger partial charge in [0.2, 0.25) is 24.1 Å². The van der Waals surface area contributed by atoms with Gasteiger partial charge in [-0.05, 0) is 140 Å². The van der Waals surface area contributed by atoms with Crippen LogP contribution in [0.3, 0.4) is 0 Å². The summed E-state index contributed by atoms with van der Waals surface area (Å²) in [5, 5.41) is 11.7. The van der Waals surface area contributed by atoms with Crippen molar-refractivity contribution in [2.45, 2.75) is 117 Å². The van der Waals surface area contributed by atoms with E-state index in [9.17, 15) is 19.2 Å². The summed E-state index contributed by atoms with van der Waals surface area (Å²) in [7, 11) is 5.52. The van der Waals surface area contributed by atoms with Gasteiger partial charge in [-0.3, -0.25) is 24.1 Å². The van der Waals surface area contributed by atoms with Crippen molar-refractivity contribution in [2.75, 3.05) is 114 Å². The molecule has 7 heterocycles. The van der Waals surface area contributed by atoms with Crippen LogP contribution in [0.2, 0.25) is 0 Å². The van der Waals surface area contributed by atoms with Gasteiger partial charge in [0.1, 0.15) is 23.4 Å². The lowest BCUT2D eigenvalue weighted by molar-refractivity contribution is -0.442. The number of carbonyl (C=O) groups excluding carboxylic acids is 4. The van der Waals surface area contributed by atoms with Crippen LogP contribution in [0.15, 0.2) is 72.1 Å². The van der Waals surface area contributed by atoms with Crippen molar-refractivity contribution < 1.29 is 38.1 Å². The molecule has 4 aliphatic rings. The molecule has 0 radical (unpaired) electrons. The zero-order valence-corrected chi connectivity index (χ0v) is 52.0. The zero-order valence-electron chi connectivity index (χ0n) is 52.0. The van der Waals surface area contributed by atoms with Gasteiger partial charge in [-0.25, -0.2) is 4.98 Å². The predicted octanol–water partition coefficient (Wildman–Crippen LogP) is 6.73. The first-order valence-corrected chi connectivity index (χ1v) is 30.1. The summed E-state index contributed by atoms with van der Waals surface area (Å²) < 4.78 is 19.6. The lowest BCUT2D eigenvalue weighted by Gasteiger charge is -2.39. The number of rotatable bonds is 21. The second-order valence-electron chi connectivity index (χ2n) is 24.3. The molecule has 22 heteroatoms. The summed E-state index contributed by atoms with van der Waals surface area (Å²) in [6.07, 6.45) is 10.9. The molecular formula is C64H86N15O7+. The maximum absolute atomic E-state index is 13.9. The molecule has 0 spiro atoms. The molecule has 458 valence electrons. The van der Waals surface area contributed by atoms with Gasteiger partial charge >= 0.3 is 5.82 Å². The highest BCUT2D eigenvalue weighted by Crippen LogP contribution is 2.34. The van der Waals surface area contributed by atoms with Gasteiger partial charge in [0.25, 0.3) is 11.8 Å². The molecule has 0 saturated carbocycles. The summed E-state index contributed by atoms with van der Waals surface area (Å²) in [4.78, 5) is 87.8. The quantitative estimate of drug-likeness (QED) is 0.0509. The molecule has 5 aromatic rings. The number of hydrogen-bond acceptors (Lipinski definition) is 17. The lowest BCUT2D eigenvalue weighted by Crippen LogP contribution is -2.46. The number of ether oxygens (including phenoxy) is 3. The van der Waals surface area contributed by atoms with E-state index in [1.165, 1.54) is 6.33 Å². The molecule has 3 aromatic heterocycles. The van der Waals surface area contributed by atoms with Crippen LogP contribution >= 0.6 is 0 Å². The Morgan fingerprint density at radius 1 is 0.895 bits per heavy atom. The topological polar surface area (TPSA) is 242 Å². The summed E-state index contributed by atoms with van der Waals surface area (Å²) in [5.74, 6) is 1.20. The van der Waals surface area contributed by atoms with Gasteiger partial charge in [0.15, 0.2) is 11.4 Å². The average Bonchev–Trinajstić information content (AvgIpc) is 2.07. The number of nitrogen functional groups attached to an aromatic ring is 1. The fourth-order valence-electron chi connectivity index (χ4n) is 11.3. The Balaban J connectivity index is 0.752. The van der Waals surface area contributed by atoms with E-state index in [1.807, 2.05) is 73.5 Å². The molecule has 3 fully saturated rings. The van der Waals surface area contributed by atoms with Crippen molar-refractivity contribution in [2.24, 2.45) is 11.0 Å². The number of morpholine rings is 2. The van der Waals surface area contributed by atoms with Crippen molar-refractivity contribution in [1.82, 2.24) is 44.9 Å². The molecule has 0 aliphatic carbocycles. The molecule has 0 bridgehead atoms. The monoisotopic (exact) mass is 1180 g/mol. The summed E-state index contributed by atoms with van der Waals surface area (Å²) in [6, 6.07) is 15.5. The second-order valence-corrected chi connectivity index (χ2v) is 24.3. The van der Waals surface area contributed by atoms with Gasteiger partial charge in [0, 0.05) is 94.3 Å². The second kappa shape index (κ2) is 27.3. The standard InChI is InChI=1S/C64H85N15O7/c1-12-64(8,75(11)27-15-19-52(80)76-28-14-16-45(36-76)37-79-59-54(56(65)67-40-68-59)55(73-79)61(83)70-50-22-20-46(43(4)44(50)5)35-53(81)74(9)10)25-31-86-63(6,7)24-26-66-60(82)48-18-13-17-47(34-48)51-23-21-49-57(69-51)71-62(78-30-33-85-39-42(78)3)72-58(49)77-29-32-84-38-41(77)2/h13,15,17-23,34,37,40-42,45H,12,14,16,24-33,35-36,38-39H2,1-11H3,(H3-,65,66,67,68,70,73,82,83)/p+1/b19-15+,79-37-/t41-,42-,45?,64?/m1/s1. The fourth-order valence-corrected chi connectivity index (χ4v) is 11.3. The number of nitrogens with one attached hydrogen (secondary N) is 2. The van der Waals surface area contributed by atoms with Crippen molar-refractivity contribution in [1.29, 1.82) is 0 Å². The van der Waals surface area contributed by atoms with Crippen molar-refractivity contribution in [3.8, 4) is 11.3 Å². The van der Waals surface area contributed by atoms with Gasteiger partial charge in [0.05, 0.1) is 61.6 Å². The molecule has 22 nitrogen and oxygen atoms in total. The number of likely N-dealkylation sites (N-methyl/N-ethyl adjacent to an activating group) is 2. The number of hydrogen-bond donors (Lipinski definition) is 3. The van der Waals surface area contributed by atoms with Crippen LogP contribution in [0.1, 0.15) is 106 Å². The molecular weight excluding hydrogens is 1090 g/mol. The van der Waals surface area contributed by atoms with E-state index >= 15 is 0 Å². The van der Waals surface area contributed by atoms with Crippen molar-refractivity contribution in [3.63, 3.8) is 0 Å². The number of benzene rings is 2. The van der Waals surface area contributed by atoms with Crippen LogP contribution in [0, 0.1) is 19.8 Å². The number of pyridine rings is 1. The van der Waals surface area contributed by atoms with E-state index < -0.39 is 11.5 Å². The Morgan fingerprint density at radius 3 is 2.38 bits per heavy atom. The third-order valence-corrected chi connectivity index (χ3v) is 17.5. The molecule has 9 rings (SSSR count). The van der Waals surface area contributed by atoms with Gasteiger partial charge in [-0.2, -0.15) is 15.0 Å². The Morgan fingerprint density at radius 2 is 1.65 bits per heavy atom. The van der Waals surface area contributed by atoms with E-state index in [-0.39, 0.29) is 59.2 Å². The number of piperidine rings is 1. The SMILES string of the molecule is CCC(C)(CCOC(C)(C)CCNC(=O)c1cccc(-c2ccc3c(N4CCOC[C@H]4C)nc(N4CCOC[C@H]4C)nc3n2)c1)N(C)C/C=C/C(=O)N1CCCC(/C=[N+]2\N=C(C(=O)Nc3ccc(CC(=O)N(C)C)c(C)c3C)c3c(N)ncnc32)C1. The van der Waals surface area contributed by atoms with Crippen molar-refractivity contribution >= 4 is 75.7 Å². The Bertz CT molecular complexity index is 3420. The van der Waals surface area contributed by atoms with Crippen LogP contribution in [0.5, 0.6) is 0 Å². The third-order valence-electron chi connectivity index (χ3n) is 17.5. The number of anilines is 4. The Labute approximate surface area is 505 Å². The number of amides is 4. The summed E-state index contributed by atoms with van der Waals surface area (Å²) in [6.45, 7) is 23.0. The number of fused-ring (bicyclic) bond motifs is 2. The van der Waals surface area contributed by atoms with E-state index in [4.69, 9.17) is 40.0 Å². The smallest absolute Gasteiger partial charge is 0.363 e. The highest BCUT2D eigenvalue weighted by Gasteiger charge is 2.38.